The molecule has 0 nitrogen and oxygen atoms in total. The van der Waals surface area contributed by atoms with E-state index in [4.69, 9.17) is 0 Å². The summed E-state index contributed by atoms with van der Waals surface area (Å²) in [5.74, 6) is 0. The van der Waals surface area contributed by atoms with Crippen LogP contribution in [0.15, 0.2) is 0 Å². The van der Waals surface area contributed by atoms with Crippen LogP contribution < -0.4 is 0 Å². The average Bonchev–Trinajstić information content (AvgIpc) is 2.31. The molecule has 0 unspecified atom stereocenters. The van der Waals surface area contributed by atoms with Crippen molar-refractivity contribution in [3.63, 3.8) is 0 Å². The normalized spacial score (nSPS) is 12.0. The fraction of sp³-hybridized carbons (Fsp3) is 1.00. The molecule has 0 aliphatic carbocycles. The molecule has 0 heterocycles. The van der Waals surface area contributed by atoms with Crippen molar-refractivity contribution in [1.29, 1.82) is 0 Å². The van der Waals surface area contributed by atoms with E-state index in [-0.39, 0.29) is 0 Å². The van der Waals surface area contributed by atoms with Crippen LogP contribution in [0.5, 0.6) is 0 Å². The Morgan fingerprint density at radius 2 is 1.12 bits per heavy atom. The van der Waals surface area contributed by atoms with E-state index in [9.17, 15) is 0 Å². The summed E-state index contributed by atoms with van der Waals surface area (Å²) in [5.41, 5.74) is 1.49. The van der Waals surface area contributed by atoms with Crippen molar-refractivity contribution in [2.45, 2.75) is 59.3 Å². The van der Waals surface area contributed by atoms with Crippen molar-refractivity contribution in [2.24, 2.45) is 0 Å². The van der Waals surface area contributed by atoms with Crippen LogP contribution in [0.2, 0.25) is 0 Å². The molecule has 0 atom stereocenters. The summed E-state index contributed by atoms with van der Waals surface area (Å²) < 4.78 is 0. The molecule has 98 valence electrons. The van der Waals surface area contributed by atoms with Gasteiger partial charge in [0.25, 0.3) is 0 Å². The van der Waals surface area contributed by atoms with Crippen LogP contribution in [-0.2, 0) is 0 Å². The van der Waals surface area contributed by atoms with Gasteiger partial charge in [0.15, 0.2) is 0 Å². The van der Waals surface area contributed by atoms with E-state index in [0.717, 1.165) is 0 Å². The van der Waals surface area contributed by atoms with Gasteiger partial charge in [-0.1, -0.05) is 40.0 Å². The highest BCUT2D eigenvalue weighted by atomic mass is 32.2. The SMILES string of the molecule is CCCC[P+](CCCC)(CCCC)CSC. The van der Waals surface area contributed by atoms with Gasteiger partial charge in [0.05, 0.1) is 18.5 Å². The molecule has 0 aromatic rings. The molecule has 0 saturated heterocycles. The molecule has 0 aliphatic rings. The molecule has 0 spiro atoms. The highest BCUT2D eigenvalue weighted by Crippen LogP contribution is 2.62. The van der Waals surface area contributed by atoms with Crippen LogP contribution in [0.4, 0.5) is 0 Å². The molecule has 0 N–H and O–H groups in total. The minimum absolute atomic E-state index is 0.583. The first-order valence-electron chi connectivity index (χ1n) is 7.08. The first kappa shape index (κ1) is 16.8. The Morgan fingerprint density at radius 3 is 1.38 bits per heavy atom. The summed E-state index contributed by atoms with van der Waals surface area (Å²) in [4.78, 5) is 0. The zero-order chi connectivity index (χ0) is 12.3. The predicted octanol–water partition coefficient (Wildman–Crippen LogP) is 5.72. The standard InChI is InChI=1S/C14H32PS/c1-5-8-11-15(14-16-4,12-9-6-2)13-10-7-3/h5-14H2,1-4H3/q+1. The van der Waals surface area contributed by atoms with Crippen molar-refractivity contribution in [3.05, 3.63) is 0 Å². The third-order valence-electron chi connectivity index (χ3n) is 3.36. The fourth-order valence-electron chi connectivity index (χ4n) is 2.28. The number of thioether (sulfide) groups is 1. The summed E-state index contributed by atoms with van der Waals surface area (Å²) in [7, 11) is -0.583. The number of hydrogen-bond acceptors (Lipinski definition) is 1. The predicted molar refractivity (Wildman–Crippen MR) is 84.6 cm³/mol. The van der Waals surface area contributed by atoms with Crippen molar-refractivity contribution >= 4 is 19.0 Å². The van der Waals surface area contributed by atoms with Crippen LogP contribution in [0.1, 0.15) is 59.3 Å². The molecule has 0 radical (unpaired) electrons. The van der Waals surface area contributed by atoms with Gasteiger partial charge >= 0.3 is 0 Å². The first-order chi connectivity index (χ1) is 7.74. The van der Waals surface area contributed by atoms with Gasteiger partial charge in [-0.15, -0.1) is 11.8 Å². The molecule has 0 amide bonds. The van der Waals surface area contributed by atoms with Gasteiger partial charge in [0.1, 0.15) is 5.49 Å². The Hall–Kier alpha value is 0.780. The molecule has 0 fully saturated rings. The Labute approximate surface area is 109 Å². The number of rotatable bonds is 11. The van der Waals surface area contributed by atoms with Gasteiger partial charge in [-0.05, 0) is 25.5 Å². The summed E-state index contributed by atoms with van der Waals surface area (Å²) in [5, 5.41) is 0. The van der Waals surface area contributed by atoms with Crippen molar-refractivity contribution in [2.75, 3.05) is 30.2 Å². The lowest BCUT2D eigenvalue weighted by Gasteiger charge is -2.27. The Bertz CT molecular complexity index is 126. The van der Waals surface area contributed by atoms with E-state index in [1.807, 2.05) is 0 Å². The van der Waals surface area contributed by atoms with E-state index in [1.54, 1.807) is 18.5 Å². The minimum Gasteiger partial charge on any atom is -0.125 e. The fourth-order valence-corrected chi connectivity index (χ4v) is 9.66. The van der Waals surface area contributed by atoms with Gasteiger partial charge in [0, 0.05) is 7.26 Å². The monoisotopic (exact) mass is 263 g/mol. The largest absolute Gasteiger partial charge is 0.125 e. The second-order valence-corrected chi connectivity index (χ2v) is 10.6. The minimum atomic E-state index is -0.583. The van der Waals surface area contributed by atoms with Crippen LogP contribution >= 0.6 is 19.0 Å². The lowest BCUT2D eigenvalue weighted by atomic mass is 10.4. The van der Waals surface area contributed by atoms with Crippen LogP contribution in [0, 0.1) is 0 Å². The summed E-state index contributed by atoms with van der Waals surface area (Å²) >= 11 is 2.11. The van der Waals surface area contributed by atoms with E-state index in [0.29, 0.717) is 0 Å². The van der Waals surface area contributed by atoms with E-state index < -0.39 is 7.26 Å². The first-order valence-corrected chi connectivity index (χ1v) is 11.0. The topological polar surface area (TPSA) is 0 Å². The Balaban J connectivity index is 4.32. The summed E-state index contributed by atoms with van der Waals surface area (Å²) in [6.45, 7) is 7.02. The highest BCUT2D eigenvalue weighted by molar-refractivity contribution is 8.07. The molecule has 0 aromatic heterocycles. The summed E-state index contributed by atoms with van der Waals surface area (Å²) in [6.07, 6.45) is 15.6. The maximum Gasteiger partial charge on any atom is 0.104 e. The molecule has 0 saturated carbocycles. The van der Waals surface area contributed by atoms with E-state index in [1.165, 1.54) is 44.0 Å². The quantitative estimate of drug-likeness (QED) is 0.429. The van der Waals surface area contributed by atoms with Gasteiger partial charge in [0.2, 0.25) is 0 Å². The highest BCUT2D eigenvalue weighted by Gasteiger charge is 2.34. The second-order valence-electron chi connectivity index (χ2n) is 4.99. The van der Waals surface area contributed by atoms with Gasteiger partial charge in [-0.3, -0.25) is 0 Å². The second kappa shape index (κ2) is 10.9. The molecule has 0 bridgehead atoms. The molecule has 16 heavy (non-hydrogen) atoms. The van der Waals surface area contributed by atoms with E-state index in [2.05, 4.69) is 38.8 Å². The van der Waals surface area contributed by atoms with Gasteiger partial charge in [-0.25, -0.2) is 0 Å². The third kappa shape index (κ3) is 7.17. The van der Waals surface area contributed by atoms with Crippen molar-refractivity contribution in [1.82, 2.24) is 0 Å². The van der Waals surface area contributed by atoms with E-state index >= 15 is 0 Å². The lowest BCUT2D eigenvalue weighted by Crippen LogP contribution is -2.11. The van der Waals surface area contributed by atoms with Gasteiger partial charge < -0.3 is 0 Å². The molecule has 2 heteroatoms. The maximum atomic E-state index is 2.34. The van der Waals surface area contributed by atoms with Crippen molar-refractivity contribution < 1.29 is 0 Å². The molecular weight excluding hydrogens is 231 g/mol. The molecule has 0 rings (SSSR count). The number of unbranched alkanes of at least 4 members (excludes halogenated alkanes) is 3. The third-order valence-corrected chi connectivity index (χ3v) is 10.4. The Kier molecular flexibility index (Phi) is 11.4. The van der Waals surface area contributed by atoms with Crippen molar-refractivity contribution in [3.8, 4) is 0 Å². The zero-order valence-corrected chi connectivity index (χ0v) is 13.6. The van der Waals surface area contributed by atoms with Crippen LogP contribution in [0.25, 0.3) is 0 Å². The average molecular weight is 263 g/mol. The number of hydrogen-bond donors (Lipinski definition) is 0. The van der Waals surface area contributed by atoms with Gasteiger partial charge in [-0.2, -0.15) is 0 Å². The summed E-state index contributed by atoms with van der Waals surface area (Å²) in [6, 6.07) is 0. The molecule has 0 aromatic carbocycles. The van der Waals surface area contributed by atoms with Crippen LogP contribution in [-0.4, -0.2) is 30.2 Å². The van der Waals surface area contributed by atoms with Crippen LogP contribution in [0.3, 0.4) is 0 Å². The lowest BCUT2D eigenvalue weighted by molar-refractivity contribution is 0.837. The zero-order valence-electron chi connectivity index (χ0n) is 11.9. The Morgan fingerprint density at radius 1 is 0.750 bits per heavy atom. The molecule has 0 aliphatic heterocycles. The molecular formula is C14H32PS+. The smallest absolute Gasteiger partial charge is 0.104 e. The maximum absolute atomic E-state index is 2.34.